The Morgan fingerprint density at radius 1 is 1.30 bits per heavy atom. The summed E-state index contributed by atoms with van der Waals surface area (Å²) in [6.07, 6.45) is -0.0972. The number of carbonyl (C=O) groups is 1. The molecule has 6 nitrogen and oxygen atoms in total. The maximum atomic E-state index is 11.8. The Bertz CT molecular complexity index is 540. The fourth-order valence-corrected chi connectivity index (χ4v) is 1.98. The van der Waals surface area contributed by atoms with E-state index in [2.05, 4.69) is 5.16 Å². The summed E-state index contributed by atoms with van der Waals surface area (Å²) in [5, 5.41) is 3.99. The van der Waals surface area contributed by atoms with Crippen molar-refractivity contribution in [1.82, 2.24) is 4.90 Å². The highest BCUT2D eigenvalue weighted by Crippen LogP contribution is 2.29. The molecule has 1 heterocycles. The van der Waals surface area contributed by atoms with E-state index in [0.29, 0.717) is 17.9 Å². The number of carbonyl (C=O) groups excluding carboxylic acids is 1. The third kappa shape index (κ3) is 2.68. The first-order chi connectivity index (χ1) is 9.56. The van der Waals surface area contributed by atoms with Crippen molar-refractivity contribution in [3.8, 4) is 11.5 Å². The van der Waals surface area contributed by atoms with E-state index in [4.69, 9.17) is 14.3 Å². The monoisotopic (exact) mass is 278 g/mol. The number of nitrogens with zero attached hydrogens (tertiary/aromatic N) is 2. The molecule has 0 radical (unpaired) electrons. The number of hydrogen-bond acceptors (Lipinski definition) is 5. The first-order valence-electron chi connectivity index (χ1n) is 6.23. The largest absolute Gasteiger partial charge is 0.493 e. The van der Waals surface area contributed by atoms with Gasteiger partial charge in [0.2, 0.25) is 6.10 Å². The molecule has 1 amide bonds. The Labute approximate surface area is 117 Å². The Kier molecular flexibility index (Phi) is 4.12. The quantitative estimate of drug-likeness (QED) is 0.832. The molecule has 0 fully saturated rings. The molecule has 0 aromatic heterocycles. The average Bonchev–Trinajstić information content (AvgIpc) is 2.95. The molecule has 1 aliphatic rings. The average molecular weight is 278 g/mol. The van der Waals surface area contributed by atoms with Crippen LogP contribution in [0.15, 0.2) is 23.4 Å². The van der Waals surface area contributed by atoms with Crippen molar-refractivity contribution >= 4 is 11.6 Å². The van der Waals surface area contributed by atoms with Gasteiger partial charge in [0, 0.05) is 26.1 Å². The number of methoxy groups -OCH3 is 2. The van der Waals surface area contributed by atoms with E-state index in [9.17, 15) is 4.79 Å². The van der Waals surface area contributed by atoms with Crippen molar-refractivity contribution in [2.45, 2.75) is 12.5 Å². The smallest absolute Gasteiger partial charge is 0.266 e. The maximum Gasteiger partial charge on any atom is 0.266 e. The summed E-state index contributed by atoms with van der Waals surface area (Å²) < 4.78 is 10.4. The summed E-state index contributed by atoms with van der Waals surface area (Å²) in [4.78, 5) is 18.5. The van der Waals surface area contributed by atoms with Crippen molar-refractivity contribution in [1.29, 1.82) is 0 Å². The number of hydrogen-bond donors (Lipinski definition) is 0. The highest BCUT2D eigenvalue weighted by Gasteiger charge is 2.30. The van der Waals surface area contributed by atoms with Crippen LogP contribution in [0, 0.1) is 0 Å². The standard InChI is InChI=1S/C14H18N2O4/c1-16(2)14(17)13-8-10(15-20-13)9-5-6-11(18-3)12(7-9)19-4/h5-7,13H,8H2,1-4H3/t13-/m1/s1. The number of rotatable bonds is 4. The lowest BCUT2D eigenvalue weighted by Crippen LogP contribution is -2.33. The number of amides is 1. The van der Waals surface area contributed by atoms with Crippen LogP contribution in [0.3, 0.4) is 0 Å². The summed E-state index contributed by atoms with van der Waals surface area (Å²) in [5.41, 5.74) is 1.59. The lowest BCUT2D eigenvalue weighted by atomic mass is 10.0. The number of oxime groups is 1. The number of ether oxygens (including phenoxy) is 2. The molecule has 0 unspecified atom stereocenters. The van der Waals surface area contributed by atoms with Crippen molar-refractivity contribution in [2.24, 2.45) is 5.16 Å². The fraction of sp³-hybridized carbons (Fsp3) is 0.429. The van der Waals surface area contributed by atoms with Crippen LogP contribution in [0.2, 0.25) is 0 Å². The van der Waals surface area contributed by atoms with Crippen LogP contribution < -0.4 is 9.47 Å². The fourth-order valence-electron chi connectivity index (χ4n) is 1.98. The summed E-state index contributed by atoms with van der Waals surface area (Å²) in [5.74, 6) is 1.18. The first kappa shape index (κ1) is 14.2. The van der Waals surface area contributed by atoms with E-state index < -0.39 is 6.10 Å². The van der Waals surface area contributed by atoms with Gasteiger partial charge in [0.1, 0.15) is 0 Å². The molecule has 2 rings (SSSR count). The van der Waals surface area contributed by atoms with Crippen LogP contribution >= 0.6 is 0 Å². The Hall–Kier alpha value is -2.24. The second-order valence-corrected chi connectivity index (χ2v) is 4.64. The molecule has 0 saturated carbocycles. The Morgan fingerprint density at radius 3 is 2.60 bits per heavy atom. The van der Waals surface area contributed by atoms with Crippen LogP contribution in [0.4, 0.5) is 0 Å². The molecule has 0 spiro atoms. The second-order valence-electron chi connectivity index (χ2n) is 4.64. The van der Waals surface area contributed by atoms with E-state index >= 15 is 0 Å². The van der Waals surface area contributed by atoms with Crippen LogP contribution in [-0.2, 0) is 9.63 Å². The lowest BCUT2D eigenvalue weighted by Gasteiger charge is -2.14. The molecule has 0 bridgehead atoms. The molecule has 1 aromatic carbocycles. The zero-order valence-electron chi connectivity index (χ0n) is 12.0. The molecule has 1 aliphatic heterocycles. The van der Waals surface area contributed by atoms with Gasteiger partial charge in [-0.1, -0.05) is 5.16 Å². The third-order valence-corrected chi connectivity index (χ3v) is 3.10. The van der Waals surface area contributed by atoms with Gasteiger partial charge in [-0.2, -0.15) is 0 Å². The molecule has 20 heavy (non-hydrogen) atoms. The minimum absolute atomic E-state index is 0.0933. The third-order valence-electron chi connectivity index (χ3n) is 3.10. The second kappa shape index (κ2) is 5.81. The normalized spacial score (nSPS) is 17.2. The van der Waals surface area contributed by atoms with Crippen LogP contribution in [-0.4, -0.2) is 50.9 Å². The zero-order valence-corrected chi connectivity index (χ0v) is 12.0. The number of benzene rings is 1. The molecular formula is C14H18N2O4. The van der Waals surface area contributed by atoms with Gasteiger partial charge in [-0.15, -0.1) is 0 Å². The Morgan fingerprint density at radius 2 is 2.00 bits per heavy atom. The summed E-state index contributed by atoms with van der Waals surface area (Å²) in [6.45, 7) is 0. The summed E-state index contributed by atoms with van der Waals surface area (Å²) >= 11 is 0. The van der Waals surface area contributed by atoms with Crippen molar-refractivity contribution < 1.29 is 19.1 Å². The van der Waals surface area contributed by atoms with Gasteiger partial charge in [0.05, 0.1) is 19.9 Å². The molecule has 1 aromatic rings. The van der Waals surface area contributed by atoms with Gasteiger partial charge in [0.25, 0.3) is 5.91 Å². The van der Waals surface area contributed by atoms with Gasteiger partial charge >= 0.3 is 0 Å². The van der Waals surface area contributed by atoms with Gasteiger partial charge < -0.3 is 19.2 Å². The Balaban J connectivity index is 2.16. The minimum atomic E-state index is -0.548. The van der Waals surface area contributed by atoms with Crippen LogP contribution in [0.25, 0.3) is 0 Å². The predicted molar refractivity (Wildman–Crippen MR) is 74.3 cm³/mol. The van der Waals surface area contributed by atoms with Gasteiger partial charge in [0.15, 0.2) is 11.5 Å². The molecule has 0 saturated heterocycles. The van der Waals surface area contributed by atoms with E-state index in [1.54, 1.807) is 34.4 Å². The molecule has 0 aliphatic carbocycles. The summed E-state index contributed by atoms with van der Waals surface area (Å²) in [7, 11) is 6.55. The number of likely N-dealkylation sites (N-methyl/N-ethyl adjacent to an activating group) is 1. The topological polar surface area (TPSA) is 60.4 Å². The van der Waals surface area contributed by atoms with Gasteiger partial charge in [-0.05, 0) is 18.2 Å². The summed E-state index contributed by atoms with van der Waals surface area (Å²) in [6, 6.07) is 5.49. The van der Waals surface area contributed by atoms with E-state index in [0.717, 1.165) is 11.3 Å². The van der Waals surface area contributed by atoms with Crippen molar-refractivity contribution in [2.75, 3.05) is 28.3 Å². The molecule has 108 valence electrons. The zero-order chi connectivity index (χ0) is 14.7. The molecule has 6 heteroatoms. The first-order valence-corrected chi connectivity index (χ1v) is 6.23. The lowest BCUT2D eigenvalue weighted by molar-refractivity contribution is -0.139. The highest BCUT2D eigenvalue weighted by molar-refractivity contribution is 6.04. The molecular weight excluding hydrogens is 260 g/mol. The molecule has 0 N–H and O–H groups in total. The predicted octanol–water partition coefficient (Wildman–Crippen LogP) is 1.28. The van der Waals surface area contributed by atoms with Crippen LogP contribution in [0.1, 0.15) is 12.0 Å². The van der Waals surface area contributed by atoms with Crippen molar-refractivity contribution in [3.63, 3.8) is 0 Å². The van der Waals surface area contributed by atoms with E-state index in [-0.39, 0.29) is 5.91 Å². The minimum Gasteiger partial charge on any atom is -0.493 e. The van der Waals surface area contributed by atoms with Crippen molar-refractivity contribution in [3.05, 3.63) is 23.8 Å². The maximum absolute atomic E-state index is 11.8. The van der Waals surface area contributed by atoms with Gasteiger partial charge in [-0.3, -0.25) is 4.79 Å². The SMILES string of the molecule is COc1ccc(C2=NO[C@@H](C(=O)N(C)C)C2)cc1OC. The van der Waals surface area contributed by atoms with Gasteiger partial charge in [-0.25, -0.2) is 0 Å². The highest BCUT2D eigenvalue weighted by atomic mass is 16.6. The van der Waals surface area contributed by atoms with E-state index in [1.807, 2.05) is 12.1 Å². The van der Waals surface area contributed by atoms with Crippen LogP contribution in [0.5, 0.6) is 11.5 Å². The molecule has 1 atom stereocenters. The van der Waals surface area contributed by atoms with E-state index in [1.165, 1.54) is 4.90 Å².